The highest BCUT2D eigenvalue weighted by Crippen LogP contribution is 2.14. The van der Waals surface area contributed by atoms with E-state index in [9.17, 15) is 0 Å². The molecule has 68 valence electrons. The van der Waals surface area contributed by atoms with Crippen molar-refractivity contribution in [1.29, 1.82) is 0 Å². The Morgan fingerprint density at radius 3 is 3.14 bits per heavy atom. The van der Waals surface area contributed by atoms with Gasteiger partial charge in [0, 0.05) is 5.22 Å². The standard InChI is InChI=1S/C10H7N3O/c1-2-4-8-7(3-1)10-9(12-8)5-6-11-13-14-10/h1-6,13H. The van der Waals surface area contributed by atoms with E-state index in [2.05, 4.69) is 15.7 Å². The number of nitrogens with one attached hydrogen (secondary N) is 1. The van der Waals surface area contributed by atoms with Gasteiger partial charge in [0.2, 0.25) is 0 Å². The van der Waals surface area contributed by atoms with Gasteiger partial charge in [-0.3, -0.25) is 0 Å². The van der Waals surface area contributed by atoms with Gasteiger partial charge in [-0.15, -0.1) is 5.59 Å². The van der Waals surface area contributed by atoms with Gasteiger partial charge in [0.05, 0.1) is 11.6 Å². The second kappa shape index (κ2) is 2.70. The molecule has 1 aromatic carbocycles. The average molecular weight is 185 g/mol. The fourth-order valence-electron chi connectivity index (χ4n) is 1.51. The van der Waals surface area contributed by atoms with E-state index >= 15 is 0 Å². The van der Waals surface area contributed by atoms with Gasteiger partial charge in [0.1, 0.15) is 5.70 Å². The fourth-order valence-corrected chi connectivity index (χ4v) is 1.51. The highest BCUT2D eigenvalue weighted by molar-refractivity contribution is 5.78. The maximum Gasteiger partial charge on any atom is 0.192 e. The number of fused-ring (bicyclic) bond motifs is 2. The monoisotopic (exact) mass is 185 g/mol. The Kier molecular flexibility index (Phi) is 1.41. The molecule has 0 saturated carbocycles. The van der Waals surface area contributed by atoms with Crippen LogP contribution in [0.5, 0.6) is 0 Å². The third-order valence-corrected chi connectivity index (χ3v) is 2.13. The number of nitrogens with zero attached hydrogens (tertiary/aromatic N) is 2. The first-order valence-electron chi connectivity index (χ1n) is 4.29. The molecule has 0 aliphatic carbocycles. The fraction of sp³-hybridized carbons (Fsp3) is 0. The Balaban J connectivity index is 2.37. The van der Waals surface area contributed by atoms with E-state index in [1.807, 2.05) is 30.3 Å². The summed E-state index contributed by atoms with van der Waals surface area (Å²) in [4.78, 5) is 9.66. The van der Waals surface area contributed by atoms with Crippen LogP contribution in [0.15, 0.2) is 46.1 Å². The predicted octanol–water partition coefficient (Wildman–Crippen LogP) is -0.168. The Hall–Kier alpha value is -2.10. The van der Waals surface area contributed by atoms with Gasteiger partial charge in [0.15, 0.2) is 5.76 Å². The first-order chi connectivity index (χ1) is 6.95. The number of benzene rings is 1. The molecule has 0 spiro atoms. The third kappa shape index (κ3) is 0.939. The van der Waals surface area contributed by atoms with Gasteiger partial charge in [-0.05, 0) is 18.2 Å². The molecule has 3 rings (SSSR count). The molecule has 4 nitrogen and oxygen atoms in total. The Labute approximate surface area is 79.9 Å². The summed E-state index contributed by atoms with van der Waals surface area (Å²) in [7, 11) is 0. The molecule has 0 fully saturated rings. The van der Waals surface area contributed by atoms with Crippen LogP contribution >= 0.6 is 0 Å². The van der Waals surface area contributed by atoms with E-state index < -0.39 is 0 Å². The third-order valence-electron chi connectivity index (χ3n) is 2.13. The SMILES string of the molecule is C1=NNOC2=c3ccccc3=NC2=C1. The molecule has 2 heterocycles. The molecule has 2 aliphatic rings. The number of para-hydroxylation sites is 1. The zero-order valence-electron chi connectivity index (χ0n) is 7.27. The van der Waals surface area contributed by atoms with E-state index in [4.69, 9.17) is 4.84 Å². The first kappa shape index (κ1) is 7.32. The number of hydrazone groups is 1. The number of hydrogen-bond acceptors (Lipinski definition) is 4. The lowest BCUT2D eigenvalue weighted by atomic mass is 10.2. The maximum absolute atomic E-state index is 5.26. The van der Waals surface area contributed by atoms with Gasteiger partial charge >= 0.3 is 0 Å². The minimum atomic E-state index is 0.734. The normalized spacial score (nSPS) is 16.9. The van der Waals surface area contributed by atoms with Gasteiger partial charge in [-0.1, -0.05) is 12.1 Å². The van der Waals surface area contributed by atoms with Gasteiger partial charge in [0.25, 0.3) is 0 Å². The van der Waals surface area contributed by atoms with Crippen LogP contribution < -0.4 is 16.2 Å². The molecular formula is C10H7N3O. The second-order valence-corrected chi connectivity index (χ2v) is 2.98. The molecule has 0 atom stereocenters. The quantitative estimate of drug-likeness (QED) is 0.610. The highest BCUT2D eigenvalue weighted by Gasteiger charge is 2.15. The smallest absolute Gasteiger partial charge is 0.192 e. The second-order valence-electron chi connectivity index (χ2n) is 2.98. The van der Waals surface area contributed by atoms with Crippen molar-refractivity contribution < 1.29 is 4.84 Å². The Morgan fingerprint density at radius 2 is 2.14 bits per heavy atom. The lowest BCUT2D eigenvalue weighted by Gasteiger charge is -2.01. The molecule has 1 aromatic rings. The molecule has 0 radical (unpaired) electrons. The summed E-state index contributed by atoms with van der Waals surface area (Å²) in [5.74, 6) is 0.734. The summed E-state index contributed by atoms with van der Waals surface area (Å²) in [6.45, 7) is 0. The summed E-state index contributed by atoms with van der Waals surface area (Å²) in [6.07, 6.45) is 3.44. The number of hydrogen-bond donors (Lipinski definition) is 1. The van der Waals surface area contributed by atoms with Crippen LogP contribution in [-0.2, 0) is 4.84 Å². The minimum absolute atomic E-state index is 0.734. The largest absolute Gasteiger partial charge is 0.362 e. The first-order valence-corrected chi connectivity index (χ1v) is 4.29. The minimum Gasteiger partial charge on any atom is -0.362 e. The van der Waals surface area contributed by atoms with Crippen molar-refractivity contribution in [3.63, 3.8) is 0 Å². The molecule has 0 amide bonds. The zero-order valence-corrected chi connectivity index (χ0v) is 7.27. The highest BCUT2D eigenvalue weighted by atomic mass is 16.7. The van der Waals surface area contributed by atoms with Gasteiger partial charge < -0.3 is 4.84 Å². The molecule has 2 aliphatic heterocycles. The summed E-state index contributed by atoms with van der Waals surface area (Å²) in [6, 6.07) is 7.84. The molecule has 14 heavy (non-hydrogen) atoms. The van der Waals surface area contributed by atoms with E-state index in [0.717, 1.165) is 22.0 Å². The molecule has 0 unspecified atom stereocenters. The van der Waals surface area contributed by atoms with Crippen molar-refractivity contribution in [3.05, 3.63) is 46.6 Å². The lowest BCUT2D eigenvalue weighted by molar-refractivity contribution is 0.163. The lowest BCUT2D eigenvalue weighted by Crippen LogP contribution is -2.23. The van der Waals surface area contributed by atoms with Crippen LogP contribution in [0.2, 0.25) is 0 Å². The van der Waals surface area contributed by atoms with Crippen molar-refractivity contribution in [3.8, 4) is 0 Å². The van der Waals surface area contributed by atoms with E-state index in [1.54, 1.807) is 6.21 Å². The Bertz CT molecular complexity index is 557. The molecule has 0 bridgehead atoms. The summed E-state index contributed by atoms with van der Waals surface area (Å²) < 4.78 is 0. The summed E-state index contributed by atoms with van der Waals surface area (Å²) in [5, 5.41) is 5.70. The molecule has 1 N–H and O–H groups in total. The molecule has 0 saturated heterocycles. The molecule has 0 aromatic heterocycles. The topological polar surface area (TPSA) is 46.0 Å². The van der Waals surface area contributed by atoms with Crippen LogP contribution in [0, 0.1) is 0 Å². The van der Waals surface area contributed by atoms with Crippen molar-refractivity contribution in [2.75, 3.05) is 0 Å². The van der Waals surface area contributed by atoms with Gasteiger partial charge in [-0.2, -0.15) is 5.10 Å². The Morgan fingerprint density at radius 1 is 1.21 bits per heavy atom. The van der Waals surface area contributed by atoms with Crippen LogP contribution in [0.3, 0.4) is 0 Å². The van der Waals surface area contributed by atoms with Crippen LogP contribution in [-0.4, -0.2) is 6.21 Å². The summed E-state index contributed by atoms with van der Waals surface area (Å²) in [5.41, 5.74) is 3.29. The van der Waals surface area contributed by atoms with E-state index in [-0.39, 0.29) is 0 Å². The van der Waals surface area contributed by atoms with Crippen LogP contribution in [0.4, 0.5) is 0 Å². The average Bonchev–Trinajstić information content (AvgIpc) is 2.42. The maximum atomic E-state index is 5.26. The van der Waals surface area contributed by atoms with E-state index in [1.165, 1.54) is 0 Å². The van der Waals surface area contributed by atoms with Crippen molar-refractivity contribution in [1.82, 2.24) is 5.59 Å². The zero-order chi connectivity index (χ0) is 9.38. The predicted molar refractivity (Wildman–Crippen MR) is 51.4 cm³/mol. The number of rotatable bonds is 0. The van der Waals surface area contributed by atoms with Crippen LogP contribution in [0.1, 0.15) is 0 Å². The van der Waals surface area contributed by atoms with Crippen LogP contribution in [0.25, 0.3) is 5.76 Å². The van der Waals surface area contributed by atoms with E-state index in [0.29, 0.717) is 0 Å². The molecule has 4 heteroatoms. The van der Waals surface area contributed by atoms with Crippen molar-refractivity contribution in [2.45, 2.75) is 0 Å². The summed E-state index contributed by atoms with van der Waals surface area (Å²) >= 11 is 0. The molecular weight excluding hydrogens is 178 g/mol. The van der Waals surface area contributed by atoms with Crippen molar-refractivity contribution >= 4 is 12.0 Å². The number of allylic oxidation sites excluding steroid dienone is 1. The van der Waals surface area contributed by atoms with Crippen molar-refractivity contribution in [2.24, 2.45) is 10.1 Å². The van der Waals surface area contributed by atoms with Gasteiger partial charge in [-0.25, -0.2) is 4.99 Å².